The van der Waals surface area contributed by atoms with Crippen molar-refractivity contribution in [2.75, 3.05) is 11.5 Å². The normalized spacial score (nSPS) is 25.2. The second-order valence-electron chi connectivity index (χ2n) is 7.64. The van der Waals surface area contributed by atoms with Crippen molar-refractivity contribution in [1.82, 2.24) is 16.0 Å². The Bertz CT molecular complexity index is 568. The van der Waals surface area contributed by atoms with E-state index in [0.29, 0.717) is 6.42 Å². The van der Waals surface area contributed by atoms with Gasteiger partial charge in [-0.05, 0) is 25.2 Å². The summed E-state index contributed by atoms with van der Waals surface area (Å²) in [5, 5.41) is 8.47. The Balaban J connectivity index is 1.86. The molecule has 2 aliphatic rings. The van der Waals surface area contributed by atoms with Crippen LogP contribution in [-0.4, -0.2) is 50.0 Å². The molecule has 2 atom stereocenters. The lowest BCUT2D eigenvalue weighted by Gasteiger charge is -2.25. The number of sulfone groups is 1. The molecule has 0 aromatic carbocycles. The molecule has 25 heavy (non-hydrogen) atoms. The number of hydrogen-bond donors (Lipinski definition) is 3. The van der Waals surface area contributed by atoms with E-state index < -0.39 is 21.9 Å². The molecule has 0 bridgehead atoms. The Kier molecular flexibility index (Phi) is 7.10. The fraction of sp³-hybridized carbons (Fsp3) is 0.882. The molecule has 1 aliphatic heterocycles. The zero-order valence-electron chi connectivity index (χ0n) is 15.2. The third-order valence-corrected chi connectivity index (χ3v) is 6.77. The highest BCUT2D eigenvalue weighted by atomic mass is 32.2. The Morgan fingerprint density at radius 3 is 2.08 bits per heavy atom. The van der Waals surface area contributed by atoms with Crippen LogP contribution in [-0.2, 0) is 14.6 Å². The second kappa shape index (κ2) is 8.87. The lowest BCUT2D eigenvalue weighted by molar-refractivity contribution is -0.124. The van der Waals surface area contributed by atoms with E-state index in [1.165, 1.54) is 12.8 Å². The summed E-state index contributed by atoms with van der Waals surface area (Å²) in [6, 6.07) is -1.29. The molecular formula is C17H31N3O4S. The summed E-state index contributed by atoms with van der Waals surface area (Å²) >= 11 is 0. The molecule has 3 N–H and O–H groups in total. The molecule has 0 spiro atoms. The minimum Gasteiger partial charge on any atom is -0.352 e. The fourth-order valence-corrected chi connectivity index (χ4v) is 5.20. The van der Waals surface area contributed by atoms with Gasteiger partial charge in [0, 0.05) is 12.1 Å². The number of nitrogens with one attached hydrogen (secondary N) is 3. The first-order valence-corrected chi connectivity index (χ1v) is 11.2. The van der Waals surface area contributed by atoms with E-state index in [-0.39, 0.29) is 35.4 Å². The van der Waals surface area contributed by atoms with Gasteiger partial charge in [-0.1, -0.05) is 39.5 Å². The zero-order valence-corrected chi connectivity index (χ0v) is 16.0. The maximum Gasteiger partial charge on any atom is 0.315 e. The van der Waals surface area contributed by atoms with E-state index in [1.54, 1.807) is 0 Å². The number of hydrogen-bond acceptors (Lipinski definition) is 4. The minimum absolute atomic E-state index is 0.0268. The molecule has 2 fully saturated rings. The first-order chi connectivity index (χ1) is 11.8. The Morgan fingerprint density at radius 2 is 1.56 bits per heavy atom. The largest absolute Gasteiger partial charge is 0.352 e. The van der Waals surface area contributed by atoms with Crippen molar-refractivity contribution in [3.8, 4) is 0 Å². The van der Waals surface area contributed by atoms with Crippen LogP contribution in [0.1, 0.15) is 58.8 Å². The quantitative estimate of drug-likeness (QED) is 0.633. The number of urea groups is 1. The minimum atomic E-state index is -3.05. The number of amides is 3. The summed E-state index contributed by atoms with van der Waals surface area (Å²) in [7, 11) is -3.05. The van der Waals surface area contributed by atoms with Crippen molar-refractivity contribution < 1.29 is 18.0 Å². The summed E-state index contributed by atoms with van der Waals surface area (Å²) in [4.78, 5) is 24.8. The van der Waals surface area contributed by atoms with Crippen molar-refractivity contribution in [2.45, 2.75) is 76.9 Å². The van der Waals surface area contributed by atoms with Gasteiger partial charge in [0.2, 0.25) is 5.91 Å². The van der Waals surface area contributed by atoms with Crippen molar-refractivity contribution in [3.63, 3.8) is 0 Å². The summed E-state index contributed by atoms with van der Waals surface area (Å²) in [6.07, 6.45) is 7.08. The van der Waals surface area contributed by atoms with Crippen molar-refractivity contribution in [1.29, 1.82) is 0 Å². The maximum atomic E-state index is 12.6. The van der Waals surface area contributed by atoms with E-state index in [4.69, 9.17) is 0 Å². The third-order valence-electron chi connectivity index (χ3n) is 5.00. The molecule has 0 aromatic heterocycles. The van der Waals surface area contributed by atoms with Crippen molar-refractivity contribution in [3.05, 3.63) is 0 Å². The molecule has 1 saturated heterocycles. The summed E-state index contributed by atoms with van der Waals surface area (Å²) < 4.78 is 22.9. The molecular weight excluding hydrogens is 342 g/mol. The van der Waals surface area contributed by atoms with E-state index in [2.05, 4.69) is 16.0 Å². The molecule has 1 aliphatic carbocycles. The van der Waals surface area contributed by atoms with Crippen LogP contribution in [0.25, 0.3) is 0 Å². The van der Waals surface area contributed by atoms with Crippen LogP contribution >= 0.6 is 0 Å². The van der Waals surface area contributed by atoms with E-state index in [0.717, 1.165) is 25.7 Å². The molecule has 0 radical (unpaired) electrons. The summed E-state index contributed by atoms with van der Waals surface area (Å²) in [5.74, 6) is -0.130. The molecule has 7 nitrogen and oxygen atoms in total. The smallest absolute Gasteiger partial charge is 0.315 e. The monoisotopic (exact) mass is 373 g/mol. The molecule has 144 valence electrons. The standard InChI is InChI=1S/C17H31N3O4S/c1-12(2)15(16(21)18-13-7-5-3-4-6-8-13)20-17(22)19-14-9-10-25(23,24)11-14/h12-15H,3-11H2,1-2H3,(H,18,21)(H2,19,20,22). The van der Waals surface area contributed by atoms with E-state index in [1.807, 2.05) is 13.8 Å². The predicted molar refractivity (Wildman–Crippen MR) is 97.0 cm³/mol. The van der Waals surface area contributed by atoms with Gasteiger partial charge in [-0.15, -0.1) is 0 Å². The van der Waals surface area contributed by atoms with Gasteiger partial charge in [0.1, 0.15) is 6.04 Å². The molecule has 8 heteroatoms. The van der Waals surface area contributed by atoms with Crippen molar-refractivity contribution in [2.24, 2.45) is 5.92 Å². The third kappa shape index (κ3) is 6.49. The average Bonchev–Trinajstić information content (AvgIpc) is 2.72. The van der Waals surface area contributed by atoms with Gasteiger partial charge in [0.05, 0.1) is 11.5 Å². The van der Waals surface area contributed by atoms with Crippen molar-refractivity contribution >= 4 is 21.8 Å². The van der Waals surface area contributed by atoms with E-state index in [9.17, 15) is 18.0 Å². The lowest BCUT2D eigenvalue weighted by Crippen LogP contribution is -2.55. The highest BCUT2D eigenvalue weighted by Gasteiger charge is 2.31. The van der Waals surface area contributed by atoms with Crippen LogP contribution in [0.5, 0.6) is 0 Å². The first kappa shape index (κ1) is 20.0. The maximum absolute atomic E-state index is 12.6. The van der Waals surface area contributed by atoms with Crippen LogP contribution in [0.15, 0.2) is 0 Å². The Labute approximate surface area is 150 Å². The van der Waals surface area contributed by atoms with Gasteiger partial charge < -0.3 is 16.0 Å². The molecule has 1 heterocycles. The van der Waals surface area contributed by atoms with Crippen LogP contribution in [0.3, 0.4) is 0 Å². The van der Waals surface area contributed by atoms with Crippen LogP contribution in [0.2, 0.25) is 0 Å². The predicted octanol–water partition coefficient (Wildman–Crippen LogP) is 1.34. The molecule has 2 unspecified atom stereocenters. The number of rotatable bonds is 5. The highest BCUT2D eigenvalue weighted by Crippen LogP contribution is 2.17. The fourth-order valence-electron chi connectivity index (χ4n) is 3.53. The van der Waals surface area contributed by atoms with Gasteiger partial charge in [-0.2, -0.15) is 0 Å². The molecule has 0 aromatic rings. The Morgan fingerprint density at radius 1 is 0.920 bits per heavy atom. The van der Waals surface area contributed by atoms with Crippen LogP contribution in [0.4, 0.5) is 4.79 Å². The number of carbonyl (C=O) groups is 2. The Hall–Kier alpha value is -1.31. The lowest BCUT2D eigenvalue weighted by atomic mass is 10.0. The second-order valence-corrected chi connectivity index (χ2v) is 9.87. The van der Waals surface area contributed by atoms with Gasteiger partial charge in [0.15, 0.2) is 9.84 Å². The average molecular weight is 374 g/mol. The van der Waals surface area contributed by atoms with Gasteiger partial charge in [-0.3, -0.25) is 4.79 Å². The van der Waals surface area contributed by atoms with Crippen LogP contribution in [0, 0.1) is 5.92 Å². The highest BCUT2D eigenvalue weighted by molar-refractivity contribution is 7.91. The van der Waals surface area contributed by atoms with Crippen LogP contribution < -0.4 is 16.0 Å². The molecule has 2 rings (SSSR count). The summed E-state index contributed by atoms with van der Waals surface area (Å²) in [5.41, 5.74) is 0. The topological polar surface area (TPSA) is 104 Å². The van der Waals surface area contributed by atoms with E-state index >= 15 is 0 Å². The molecule has 1 saturated carbocycles. The first-order valence-electron chi connectivity index (χ1n) is 9.34. The van der Waals surface area contributed by atoms with Gasteiger partial charge in [0.25, 0.3) is 0 Å². The molecule has 3 amide bonds. The SMILES string of the molecule is CC(C)C(NC(=O)NC1CCS(=O)(=O)C1)C(=O)NC1CCCCCC1. The van der Waals surface area contributed by atoms with Gasteiger partial charge in [-0.25, -0.2) is 13.2 Å². The summed E-state index contributed by atoms with van der Waals surface area (Å²) in [6.45, 7) is 3.77. The zero-order chi connectivity index (χ0) is 18.4. The number of carbonyl (C=O) groups excluding carboxylic acids is 2. The van der Waals surface area contributed by atoms with Gasteiger partial charge >= 0.3 is 6.03 Å².